The lowest BCUT2D eigenvalue weighted by molar-refractivity contribution is -0.123. The van der Waals surface area contributed by atoms with Crippen molar-refractivity contribution in [1.29, 1.82) is 0 Å². The third kappa shape index (κ3) is 3.45. The molecule has 0 heterocycles. The van der Waals surface area contributed by atoms with Crippen molar-refractivity contribution in [1.82, 2.24) is 5.32 Å². The molecule has 0 aliphatic heterocycles. The average Bonchev–Trinajstić information content (AvgIpc) is 2.54. The van der Waals surface area contributed by atoms with E-state index in [4.69, 9.17) is 4.74 Å². The third-order valence-corrected chi connectivity index (χ3v) is 6.44. The molecule has 4 aliphatic carbocycles. The second-order valence-electron chi connectivity index (χ2n) is 8.61. The minimum Gasteiger partial charge on any atom is -0.493 e. The van der Waals surface area contributed by atoms with Gasteiger partial charge >= 0.3 is 0 Å². The Hall–Kier alpha value is -1.51. The van der Waals surface area contributed by atoms with Crippen molar-refractivity contribution < 1.29 is 9.53 Å². The Morgan fingerprint density at radius 3 is 2.25 bits per heavy atom. The Bertz CT molecular complexity index is 557. The maximum Gasteiger partial charge on any atom is 0.223 e. The molecular formula is C21H29NO2. The van der Waals surface area contributed by atoms with Gasteiger partial charge in [-0.05, 0) is 80.8 Å². The Morgan fingerprint density at radius 2 is 1.67 bits per heavy atom. The second-order valence-corrected chi connectivity index (χ2v) is 8.61. The minimum absolute atomic E-state index is 0.137. The van der Waals surface area contributed by atoms with Gasteiger partial charge in [0.2, 0.25) is 5.91 Å². The number of benzene rings is 1. The fourth-order valence-electron chi connectivity index (χ4n) is 5.78. The average molecular weight is 327 g/mol. The normalized spacial score (nSPS) is 33.5. The number of carbonyl (C=O) groups excluding carboxylic acids is 1. The monoisotopic (exact) mass is 327 g/mol. The highest BCUT2D eigenvalue weighted by molar-refractivity contribution is 5.76. The van der Waals surface area contributed by atoms with Gasteiger partial charge in [-0.2, -0.15) is 0 Å². The number of amides is 1. The summed E-state index contributed by atoms with van der Waals surface area (Å²) < 4.78 is 5.67. The van der Waals surface area contributed by atoms with E-state index in [0.29, 0.717) is 18.4 Å². The molecule has 4 aliphatic rings. The first-order chi connectivity index (χ1) is 11.6. The summed E-state index contributed by atoms with van der Waals surface area (Å²) in [5.41, 5.74) is 1.64. The van der Waals surface area contributed by atoms with Crippen LogP contribution in [-0.2, 0) is 4.79 Å². The minimum atomic E-state index is 0.137. The fourth-order valence-corrected chi connectivity index (χ4v) is 5.78. The van der Waals surface area contributed by atoms with Crippen LogP contribution in [0.15, 0.2) is 24.3 Å². The number of hydrogen-bond donors (Lipinski definition) is 1. The molecule has 4 saturated carbocycles. The SMILES string of the molecule is Cc1ccc(OCCC(=O)NCC23CC4CC(CC(C4)C2)C3)cc1. The fraction of sp³-hybridized carbons (Fsp3) is 0.667. The van der Waals surface area contributed by atoms with Gasteiger partial charge < -0.3 is 10.1 Å². The van der Waals surface area contributed by atoms with E-state index in [9.17, 15) is 4.79 Å². The van der Waals surface area contributed by atoms with Crippen LogP contribution in [0.5, 0.6) is 5.75 Å². The van der Waals surface area contributed by atoms with Crippen molar-refractivity contribution >= 4 is 5.91 Å². The number of hydrogen-bond acceptors (Lipinski definition) is 2. The molecule has 1 N–H and O–H groups in total. The summed E-state index contributed by atoms with van der Waals surface area (Å²) >= 11 is 0. The van der Waals surface area contributed by atoms with Gasteiger partial charge in [0, 0.05) is 6.54 Å². The molecule has 4 bridgehead atoms. The summed E-state index contributed by atoms with van der Waals surface area (Å²) in [5, 5.41) is 3.22. The van der Waals surface area contributed by atoms with Crippen LogP contribution in [0.3, 0.4) is 0 Å². The maximum absolute atomic E-state index is 12.2. The second kappa shape index (κ2) is 6.42. The lowest BCUT2D eigenvalue weighted by Crippen LogP contribution is -2.51. The van der Waals surface area contributed by atoms with Crippen molar-refractivity contribution in [2.24, 2.45) is 23.2 Å². The zero-order valence-electron chi connectivity index (χ0n) is 14.7. The molecule has 1 aromatic carbocycles. The molecule has 0 atom stereocenters. The number of ether oxygens (including phenoxy) is 1. The van der Waals surface area contributed by atoms with Crippen molar-refractivity contribution in [2.75, 3.05) is 13.2 Å². The van der Waals surface area contributed by atoms with Crippen LogP contribution >= 0.6 is 0 Å². The van der Waals surface area contributed by atoms with E-state index >= 15 is 0 Å². The van der Waals surface area contributed by atoms with Gasteiger partial charge in [0.25, 0.3) is 0 Å². The molecule has 3 heteroatoms. The Balaban J connectivity index is 1.22. The van der Waals surface area contributed by atoms with E-state index in [-0.39, 0.29) is 5.91 Å². The van der Waals surface area contributed by atoms with Gasteiger partial charge in [0.15, 0.2) is 0 Å². The molecule has 0 saturated heterocycles. The zero-order valence-corrected chi connectivity index (χ0v) is 14.7. The van der Waals surface area contributed by atoms with E-state index in [2.05, 4.69) is 12.2 Å². The molecule has 0 aromatic heterocycles. The maximum atomic E-state index is 12.2. The summed E-state index contributed by atoms with van der Waals surface area (Å²) in [6.07, 6.45) is 8.85. The summed E-state index contributed by atoms with van der Waals surface area (Å²) in [6, 6.07) is 7.98. The van der Waals surface area contributed by atoms with Crippen LogP contribution in [0.2, 0.25) is 0 Å². The van der Waals surface area contributed by atoms with E-state index < -0.39 is 0 Å². The van der Waals surface area contributed by atoms with Crippen molar-refractivity contribution in [3.8, 4) is 5.75 Å². The standard InChI is InChI=1S/C21H29NO2/c1-15-2-4-19(5-3-15)24-7-6-20(23)22-14-21-11-16-8-17(12-21)10-18(9-16)13-21/h2-5,16-18H,6-14H2,1H3,(H,22,23). The predicted molar refractivity (Wildman–Crippen MR) is 94.9 cm³/mol. The first kappa shape index (κ1) is 16.0. The highest BCUT2D eigenvalue weighted by atomic mass is 16.5. The Morgan fingerprint density at radius 1 is 1.08 bits per heavy atom. The number of carbonyl (C=O) groups is 1. The molecule has 0 radical (unpaired) electrons. The van der Waals surface area contributed by atoms with Crippen LogP contribution < -0.4 is 10.1 Å². The number of aryl methyl sites for hydroxylation is 1. The van der Waals surface area contributed by atoms with Gasteiger partial charge in [0.05, 0.1) is 13.0 Å². The molecule has 1 amide bonds. The summed E-state index contributed by atoms with van der Waals surface area (Å²) in [5.74, 6) is 3.81. The quantitative estimate of drug-likeness (QED) is 0.854. The van der Waals surface area contributed by atoms with E-state index in [0.717, 1.165) is 30.0 Å². The van der Waals surface area contributed by atoms with Gasteiger partial charge in [0.1, 0.15) is 5.75 Å². The number of rotatable bonds is 6. The van der Waals surface area contributed by atoms with Crippen LogP contribution in [0, 0.1) is 30.1 Å². The molecule has 24 heavy (non-hydrogen) atoms. The van der Waals surface area contributed by atoms with Gasteiger partial charge in [-0.25, -0.2) is 0 Å². The van der Waals surface area contributed by atoms with Crippen LogP contribution in [0.25, 0.3) is 0 Å². The summed E-state index contributed by atoms with van der Waals surface area (Å²) in [7, 11) is 0. The van der Waals surface area contributed by atoms with Gasteiger partial charge in [-0.3, -0.25) is 4.79 Å². The van der Waals surface area contributed by atoms with Crippen molar-refractivity contribution in [3.05, 3.63) is 29.8 Å². The smallest absolute Gasteiger partial charge is 0.223 e. The Kier molecular flexibility index (Phi) is 4.28. The van der Waals surface area contributed by atoms with Crippen molar-refractivity contribution in [3.63, 3.8) is 0 Å². The lowest BCUT2D eigenvalue weighted by Gasteiger charge is -2.56. The van der Waals surface area contributed by atoms with E-state index in [1.165, 1.54) is 44.1 Å². The third-order valence-electron chi connectivity index (χ3n) is 6.44. The molecule has 130 valence electrons. The Labute approximate surface area is 145 Å². The first-order valence-corrected chi connectivity index (χ1v) is 9.56. The van der Waals surface area contributed by atoms with E-state index in [1.807, 2.05) is 24.3 Å². The van der Waals surface area contributed by atoms with Crippen LogP contribution in [0.4, 0.5) is 0 Å². The molecule has 0 unspecified atom stereocenters. The predicted octanol–water partition coefficient (Wildman–Crippen LogP) is 4.10. The van der Waals surface area contributed by atoms with Crippen LogP contribution in [-0.4, -0.2) is 19.1 Å². The summed E-state index contributed by atoms with van der Waals surface area (Å²) in [4.78, 5) is 12.2. The molecular weight excluding hydrogens is 298 g/mol. The molecule has 3 nitrogen and oxygen atoms in total. The molecule has 0 spiro atoms. The number of nitrogens with one attached hydrogen (secondary N) is 1. The first-order valence-electron chi connectivity index (χ1n) is 9.56. The topological polar surface area (TPSA) is 38.3 Å². The molecule has 4 fully saturated rings. The van der Waals surface area contributed by atoms with Crippen molar-refractivity contribution in [2.45, 2.75) is 51.9 Å². The lowest BCUT2D eigenvalue weighted by atomic mass is 9.49. The molecule has 1 aromatic rings. The van der Waals surface area contributed by atoms with Crippen LogP contribution in [0.1, 0.15) is 50.5 Å². The highest BCUT2D eigenvalue weighted by Crippen LogP contribution is 2.59. The van der Waals surface area contributed by atoms with Gasteiger partial charge in [-0.1, -0.05) is 17.7 Å². The van der Waals surface area contributed by atoms with E-state index in [1.54, 1.807) is 0 Å². The largest absolute Gasteiger partial charge is 0.493 e. The highest BCUT2D eigenvalue weighted by Gasteiger charge is 2.50. The molecule has 5 rings (SSSR count). The summed E-state index contributed by atoms with van der Waals surface area (Å²) in [6.45, 7) is 3.40. The zero-order chi connectivity index (χ0) is 16.6. The van der Waals surface area contributed by atoms with Gasteiger partial charge in [-0.15, -0.1) is 0 Å².